The molecule has 0 radical (unpaired) electrons. The minimum absolute atomic E-state index is 0.0918. The van der Waals surface area contributed by atoms with Crippen LogP contribution in [0.4, 0.5) is 0 Å². The van der Waals surface area contributed by atoms with Crippen molar-refractivity contribution >= 4 is 22.8 Å². The number of hydrogen-bond acceptors (Lipinski definition) is 3. The number of carbonyl (C=O) groups is 2. The van der Waals surface area contributed by atoms with Crippen molar-refractivity contribution in [3.8, 4) is 0 Å². The fourth-order valence-electron chi connectivity index (χ4n) is 4.69. The SMILES string of the molecule is Cn1c(C(=O)N2CCC3(CC3)C[C@H]2C(=O)OCc2ccccc2)cc2ccccc21. The first kappa shape index (κ1) is 18.9. The molecule has 1 aromatic heterocycles. The molecule has 0 N–H and O–H groups in total. The summed E-state index contributed by atoms with van der Waals surface area (Å²) in [6.07, 6.45) is 3.96. The lowest BCUT2D eigenvalue weighted by Crippen LogP contribution is -2.51. The molecule has 2 aliphatic rings. The molecular weight excluding hydrogens is 376 g/mol. The molecule has 1 aliphatic heterocycles. The lowest BCUT2D eigenvalue weighted by atomic mass is 9.87. The molecule has 1 atom stereocenters. The van der Waals surface area contributed by atoms with Gasteiger partial charge in [0.05, 0.1) is 0 Å². The van der Waals surface area contributed by atoms with E-state index in [1.165, 1.54) is 0 Å². The molecule has 5 nitrogen and oxygen atoms in total. The highest BCUT2D eigenvalue weighted by Crippen LogP contribution is 2.55. The van der Waals surface area contributed by atoms with E-state index in [2.05, 4.69) is 0 Å². The smallest absolute Gasteiger partial charge is 0.329 e. The zero-order valence-electron chi connectivity index (χ0n) is 17.2. The predicted molar refractivity (Wildman–Crippen MR) is 115 cm³/mol. The number of likely N-dealkylation sites (tertiary alicyclic amines) is 1. The Labute approximate surface area is 176 Å². The number of nitrogens with zero attached hydrogens (tertiary/aromatic N) is 2. The molecule has 3 aromatic rings. The van der Waals surface area contributed by atoms with Gasteiger partial charge in [0, 0.05) is 24.5 Å². The van der Waals surface area contributed by atoms with Crippen molar-refractivity contribution in [2.24, 2.45) is 12.5 Å². The summed E-state index contributed by atoms with van der Waals surface area (Å²) in [7, 11) is 1.91. The van der Waals surface area contributed by atoms with Gasteiger partial charge in [-0.25, -0.2) is 4.79 Å². The van der Waals surface area contributed by atoms with E-state index in [4.69, 9.17) is 4.74 Å². The number of esters is 1. The Balaban J connectivity index is 1.39. The summed E-state index contributed by atoms with van der Waals surface area (Å²) in [6.45, 7) is 0.838. The highest BCUT2D eigenvalue weighted by Gasteiger charge is 2.51. The molecular formula is C25H26N2O3. The van der Waals surface area contributed by atoms with Gasteiger partial charge in [-0.1, -0.05) is 48.5 Å². The van der Waals surface area contributed by atoms with Gasteiger partial charge in [0.15, 0.2) is 0 Å². The molecule has 1 aliphatic carbocycles. The van der Waals surface area contributed by atoms with E-state index >= 15 is 0 Å². The van der Waals surface area contributed by atoms with Crippen LogP contribution in [-0.4, -0.2) is 33.9 Å². The third-order valence-corrected chi connectivity index (χ3v) is 6.77. The first-order valence-electron chi connectivity index (χ1n) is 10.6. The van der Waals surface area contributed by atoms with Crippen LogP contribution in [0.25, 0.3) is 10.9 Å². The molecule has 1 spiro atoms. The number of aryl methyl sites for hydroxylation is 1. The number of para-hydroxylation sites is 1. The van der Waals surface area contributed by atoms with Crippen molar-refractivity contribution in [1.29, 1.82) is 0 Å². The summed E-state index contributed by atoms with van der Waals surface area (Å²) in [5.74, 6) is -0.386. The Kier molecular flexibility index (Phi) is 4.61. The van der Waals surface area contributed by atoms with Crippen molar-refractivity contribution in [3.63, 3.8) is 0 Å². The van der Waals surface area contributed by atoms with Gasteiger partial charge in [0.25, 0.3) is 5.91 Å². The summed E-state index contributed by atoms with van der Waals surface area (Å²) in [4.78, 5) is 28.3. The standard InChI is InChI=1S/C25H26N2O3/c1-26-20-10-6-5-9-19(20)15-21(26)23(28)27-14-13-25(11-12-25)16-22(27)24(29)30-17-18-7-3-2-4-8-18/h2-10,15,22H,11-14,16-17H2,1H3/t22-/m0/s1. The van der Waals surface area contributed by atoms with E-state index in [1.54, 1.807) is 4.90 Å². The van der Waals surface area contributed by atoms with Crippen LogP contribution in [0.15, 0.2) is 60.7 Å². The molecule has 2 heterocycles. The highest BCUT2D eigenvalue weighted by molar-refractivity contribution is 6.00. The van der Waals surface area contributed by atoms with Gasteiger partial charge < -0.3 is 14.2 Å². The average Bonchev–Trinajstić information content (AvgIpc) is 3.45. The molecule has 0 unspecified atom stereocenters. The number of piperidine rings is 1. The van der Waals surface area contributed by atoms with Gasteiger partial charge in [0.2, 0.25) is 0 Å². The van der Waals surface area contributed by atoms with Crippen molar-refractivity contribution in [2.75, 3.05) is 6.54 Å². The number of rotatable bonds is 4. The summed E-state index contributed by atoms with van der Waals surface area (Å²) in [5.41, 5.74) is 2.81. The Morgan fingerprint density at radius 1 is 1.03 bits per heavy atom. The number of aromatic nitrogens is 1. The number of benzene rings is 2. The van der Waals surface area contributed by atoms with Crippen LogP contribution in [-0.2, 0) is 23.2 Å². The molecule has 2 aromatic carbocycles. The predicted octanol–water partition coefficient (Wildman–Crippen LogP) is 4.31. The van der Waals surface area contributed by atoms with Gasteiger partial charge in [-0.2, -0.15) is 0 Å². The fraction of sp³-hybridized carbons (Fsp3) is 0.360. The van der Waals surface area contributed by atoms with Crippen molar-refractivity contribution in [1.82, 2.24) is 9.47 Å². The monoisotopic (exact) mass is 402 g/mol. The normalized spacial score (nSPS) is 19.8. The number of ether oxygens (including phenoxy) is 1. The van der Waals surface area contributed by atoms with E-state index in [9.17, 15) is 9.59 Å². The van der Waals surface area contributed by atoms with Gasteiger partial charge in [0.1, 0.15) is 18.3 Å². The van der Waals surface area contributed by atoms with E-state index in [0.717, 1.165) is 35.7 Å². The first-order chi connectivity index (χ1) is 14.6. The van der Waals surface area contributed by atoms with Gasteiger partial charge in [-0.05, 0) is 48.8 Å². The minimum Gasteiger partial charge on any atom is -0.459 e. The van der Waals surface area contributed by atoms with Crippen molar-refractivity contribution in [2.45, 2.75) is 38.3 Å². The highest BCUT2D eigenvalue weighted by atomic mass is 16.5. The van der Waals surface area contributed by atoms with Gasteiger partial charge in [-0.3, -0.25) is 4.79 Å². The fourth-order valence-corrected chi connectivity index (χ4v) is 4.69. The van der Waals surface area contributed by atoms with Crippen LogP contribution in [0.3, 0.4) is 0 Å². The van der Waals surface area contributed by atoms with E-state index in [0.29, 0.717) is 18.7 Å². The van der Waals surface area contributed by atoms with Gasteiger partial charge in [-0.15, -0.1) is 0 Å². The van der Waals surface area contributed by atoms with E-state index in [-0.39, 0.29) is 23.9 Å². The number of hydrogen-bond donors (Lipinski definition) is 0. The first-order valence-corrected chi connectivity index (χ1v) is 10.6. The zero-order chi connectivity index (χ0) is 20.7. The van der Waals surface area contributed by atoms with Gasteiger partial charge >= 0.3 is 5.97 Å². The molecule has 5 rings (SSSR count). The summed E-state index contributed by atoms with van der Waals surface area (Å²) in [6, 6.07) is 19.0. The van der Waals surface area contributed by atoms with Crippen LogP contribution in [0.1, 0.15) is 41.7 Å². The summed E-state index contributed by atoms with van der Waals surface area (Å²) >= 11 is 0. The van der Waals surface area contributed by atoms with Crippen LogP contribution in [0, 0.1) is 5.41 Å². The Morgan fingerprint density at radius 2 is 1.77 bits per heavy atom. The van der Waals surface area contributed by atoms with E-state index in [1.807, 2.05) is 72.3 Å². The zero-order valence-corrected chi connectivity index (χ0v) is 17.2. The molecule has 2 fully saturated rings. The van der Waals surface area contributed by atoms with Crippen LogP contribution in [0.2, 0.25) is 0 Å². The lowest BCUT2D eigenvalue weighted by Gasteiger charge is -2.38. The maximum absolute atomic E-state index is 13.5. The molecule has 154 valence electrons. The van der Waals surface area contributed by atoms with Crippen molar-refractivity contribution in [3.05, 3.63) is 71.9 Å². The number of carbonyl (C=O) groups excluding carboxylic acids is 2. The third-order valence-electron chi connectivity index (χ3n) is 6.77. The minimum atomic E-state index is -0.518. The Bertz CT molecular complexity index is 1100. The second-order valence-corrected chi connectivity index (χ2v) is 8.71. The largest absolute Gasteiger partial charge is 0.459 e. The van der Waals surface area contributed by atoms with Crippen LogP contribution >= 0.6 is 0 Å². The second-order valence-electron chi connectivity index (χ2n) is 8.71. The topological polar surface area (TPSA) is 51.5 Å². The Morgan fingerprint density at radius 3 is 2.50 bits per heavy atom. The summed E-state index contributed by atoms with van der Waals surface area (Å²) < 4.78 is 7.58. The Hall–Kier alpha value is -3.08. The second kappa shape index (κ2) is 7.31. The average molecular weight is 402 g/mol. The maximum Gasteiger partial charge on any atom is 0.329 e. The van der Waals surface area contributed by atoms with Crippen LogP contribution < -0.4 is 0 Å². The summed E-state index contributed by atoms with van der Waals surface area (Å²) in [5, 5.41) is 1.03. The molecule has 1 amide bonds. The molecule has 1 saturated carbocycles. The number of fused-ring (bicyclic) bond motifs is 1. The van der Waals surface area contributed by atoms with E-state index < -0.39 is 6.04 Å². The maximum atomic E-state index is 13.5. The molecule has 5 heteroatoms. The lowest BCUT2D eigenvalue weighted by molar-refractivity contribution is -0.152. The molecule has 1 saturated heterocycles. The van der Waals surface area contributed by atoms with Crippen LogP contribution in [0.5, 0.6) is 0 Å². The quantitative estimate of drug-likeness (QED) is 0.611. The van der Waals surface area contributed by atoms with Crippen molar-refractivity contribution < 1.29 is 14.3 Å². The molecule has 0 bridgehead atoms. The number of amides is 1. The molecule has 30 heavy (non-hydrogen) atoms. The third kappa shape index (κ3) is 3.38.